The van der Waals surface area contributed by atoms with Crippen LogP contribution in [0.1, 0.15) is 6.92 Å². The summed E-state index contributed by atoms with van der Waals surface area (Å²) in [6.45, 7) is 1.71. The summed E-state index contributed by atoms with van der Waals surface area (Å²) in [6, 6.07) is 0. The van der Waals surface area contributed by atoms with E-state index in [1.54, 1.807) is 6.92 Å². The molecule has 3 N–H and O–H groups in total. The summed E-state index contributed by atoms with van der Waals surface area (Å²) in [6.07, 6.45) is 0. The highest BCUT2D eigenvalue weighted by Crippen LogP contribution is 1.66. The van der Waals surface area contributed by atoms with E-state index in [1.165, 1.54) is 0 Å². The number of nitrogens with zero attached hydrogens (tertiary/aromatic N) is 1. The molecule has 36 valence electrons. The van der Waals surface area contributed by atoms with Gasteiger partial charge >= 0.3 is 0 Å². The molecule has 0 atom stereocenters. The lowest BCUT2D eigenvalue weighted by atomic mass is 10.7. The zero-order valence-electron chi connectivity index (χ0n) is 3.40. The Morgan fingerprint density at radius 1 is 2.00 bits per heavy atom. The van der Waals surface area contributed by atoms with Gasteiger partial charge in [0.15, 0.2) is 0 Å². The molecule has 0 fully saturated rings. The van der Waals surface area contributed by atoms with Crippen molar-refractivity contribution in [2.45, 2.75) is 6.92 Å². The Balaban J connectivity index is 3.14. The zero-order chi connectivity index (χ0) is 4.99. The van der Waals surface area contributed by atoms with Crippen molar-refractivity contribution in [3.63, 3.8) is 0 Å². The fourth-order valence-corrected chi connectivity index (χ4v) is 0.447. The largest absolute Gasteiger partial charge is 0.386 e. The highest BCUT2D eigenvalue weighted by molar-refractivity contribution is 14.1. The van der Waals surface area contributed by atoms with Gasteiger partial charge in [-0.3, -0.25) is 0 Å². The van der Waals surface area contributed by atoms with Gasteiger partial charge in [0.05, 0.1) is 22.9 Å². The van der Waals surface area contributed by atoms with Crippen molar-refractivity contribution in [1.29, 1.82) is 0 Å². The molecule has 0 saturated heterocycles. The van der Waals surface area contributed by atoms with E-state index >= 15 is 0 Å². The molecule has 0 aromatic carbocycles. The Labute approximate surface area is 50.5 Å². The Hall–Kier alpha value is 0. The molecule has 4 heteroatoms. The Morgan fingerprint density at radius 3 is 2.50 bits per heavy atom. The standard InChI is InChI=1S/C2H6IN3/c1-2(4)5-6-3/h6H,1H3,(H2,4,5). The Morgan fingerprint density at radius 2 is 2.50 bits per heavy atom. The Kier molecular flexibility index (Phi) is 3.20. The van der Waals surface area contributed by atoms with Crippen LogP contribution in [0.4, 0.5) is 0 Å². The summed E-state index contributed by atoms with van der Waals surface area (Å²) >= 11 is 1.89. The second kappa shape index (κ2) is 3.20. The maximum atomic E-state index is 5.09. The number of amidine groups is 1. The number of hydrogen-bond acceptors (Lipinski definition) is 2. The Bertz CT molecular complexity index is 55.8. The van der Waals surface area contributed by atoms with E-state index in [0.29, 0.717) is 5.84 Å². The van der Waals surface area contributed by atoms with Gasteiger partial charge in [-0.15, -0.1) is 0 Å². The first-order valence-corrected chi connectivity index (χ1v) is 2.50. The van der Waals surface area contributed by atoms with Crippen LogP contribution in [0, 0.1) is 0 Å². The smallest absolute Gasteiger partial charge is 0.117 e. The molecule has 0 heterocycles. The maximum Gasteiger partial charge on any atom is 0.117 e. The normalized spacial score (nSPS) is 11.3. The van der Waals surface area contributed by atoms with Crippen LogP contribution in [0.3, 0.4) is 0 Å². The molecule has 0 aliphatic carbocycles. The number of halogens is 1. The third-order valence-corrected chi connectivity index (χ3v) is 0.460. The zero-order valence-corrected chi connectivity index (χ0v) is 5.56. The first-order valence-electron chi connectivity index (χ1n) is 1.42. The molecular weight excluding hydrogens is 193 g/mol. The maximum absolute atomic E-state index is 5.09. The molecule has 0 radical (unpaired) electrons. The summed E-state index contributed by atoms with van der Waals surface area (Å²) < 4.78 is 2.50. The summed E-state index contributed by atoms with van der Waals surface area (Å²) in [5, 5.41) is 3.56. The first-order chi connectivity index (χ1) is 2.77. The second-order valence-electron chi connectivity index (χ2n) is 0.838. The van der Waals surface area contributed by atoms with Crippen LogP contribution < -0.4 is 9.37 Å². The molecule has 0 unspecified atom stereocenters. The third kappa shape index (κ3) is 4.00. The lowest BCUT2D eigenvalue weighted by molar-refractivity contribution is 1.15. The molecule has 0 amide bonds. The van der Waals surface area contributed by atoms with E-state index in [9.17, 15) is 0 Å². The van der Waals surface area contributed by atoms with Gasteiger partial charge < -0.3 is 5.73 Å². The summed E-state index contributed by atoms with van der Waals surface area (Å²) in [7, 11) is 0. The predicted octanol–water partition coefficient (Wildman–Crippen LogP) is 0.218. The van der Waals surface area contributed by atoms with Crippen LogP contribution >= 0.6 is 22.9 Å². The number of hydrazone groups is 1. The van der Waals surface area contributed by atoms with E-state index in [4.69, 9.17) is 5.73 Å². The molecule has 0 aliphatic rings. The average molecular weight is 199 g/mol. The van der Waals surface area contributed by atoms with Gasteiger partial charge in [-0.05, 0) is 6.92 Å². The van der Waals surface area contributed by atoms with Crippen molar-refractivity contribution in [3.8, 4) is 0 Å². The number of rotatable bonds is 1. The lowest BCUT2D eigenvalue weighted by Gasteiger charge is -1.82. The number of hydrogen-bond donors (Lipinski definition) is 2. The van der Waals surface area contributed by atoms with Crippen molar-refractivity contribution in [3.05, 3.63) is 0 Å². The average Bonchev–Trinajstić information content (AvgIpc) is 1.35. The van der Waals surface area contributed by atoms with Crippen molar-refractivity contribution in [2.24, 2.45) is 10.8 Å². The van der Waals surface area contributed by atoms with Gasteiger partial charge in [0.1, 0.15) is 5.84 Å². The van der Waals surface area contributed by atoms with Crippen LogP contribution in [0.2, 0.25) is 0 Å². The van der Waals surface area contributed by atoms with Gasteiger partial charge in [0.2, 0.25) is 0 Å². The second-order valence-corrected chi connectivity index (χ2v) is 1.32. The van der Waals surface area contributed by atoms with Gasteiger partial charge in [-0.2, -0.15) is 5.10 Å². The minimum atomic E-state index is 0.546. The molecule has 0 spiro atoms. The van der Waals surface area contributed by atoms with E-state index in [2.05, 4.69) is 8.74 Å². The van der Waals surface area contributed by atoms with Crippen molar-refractivity contribution in [2.75, 3.05) is 0 Å². The van der Waals surface area contributed by atoms with Gasteiger partial charge in [0, 0.05) is 0 Å². The number of nitrogens with one attached hydrogen (secondary N) is 1. The third-order valence-electron chi connectivity index (χ3n) is 0.219. The highest BCUT2D eigenvalue weighted by Gasteiger charge is 1.67. The summed E-state index contributed by atoms with van der Waals surface area (Å²) in [5.74, 6) is 0.546. The first kappa shape index (κ1) is 6.00. The van der Waals surface area contributed by atoms with Crippen LogP contribution in [-0.2, 0) is 0 Å². The van der Waals surface area contributed by atoms with Crippen molar-refractivity contribution in [1.82, 2.24) is 3.64 Å². The molecule has 0 aliphatic heterocycles. The topological polar surface area (TPSA) is 50.4 Å². The molecule has 3 nitrogen and oxygen atoms in total. The van der Waals surface area contributed by atoms with E-state index in [-0.39, 0.29) is 0 Å². The van der Waals surface area contributed by atoms with Crippen LogP contribution in [-0.4, -0.2) is 5.84 Å². The van der Waals surface area contributed by atoms with Gasteiger partial charge in [-0.25, -0.2) is 3.64 Å². The van der Waals surface area contributed by atoms with Gasteiger partial charge in [-0.1, -0.05) is 0 Å². The molecule has 0 saturated carbocycles. The molecule has 0 bridgehead atoms. The van der Waals surface area contributed by atoms with Crippen LogP contribution in [0.5, 0.6) is 0 Å². The minimum Gasteiger partial charge on any atom is -0.386 e. The quantitative estimate of drug-likeness (QED) is 0.208. The lowest BCUT2D eigenvalue weighted by Crippen LogP contribution is -2.07. The molecule has 6 heavy (non-hydrogen) atoms. The molecular formula is C2H6IN3. The predicted molar refractivity (Wildman–Crippen MR) is 34.5 cm³/mol. The summed E-state index contributed by atoms with van der Waals surface area (Å²) in [5.41, 5.74) is 5.09. The van der Waals surface area contributed by atoms with E-state index < -0.39 is 0 Å². The fraction of sp³-hybridized carbons (Fsp3) is 0.500. The monoisotopic (exact) mass is 199 g/mol. The minimum absolute atomic E-state index is 0.546. The molecule has 0 aromatic heterocycles. The SMILES string of the molecule is C/C(N)=N/NI. The van der Waals surface area contributed by atoms with E-state index in [0.717, 1.165) is 0 Å². The molecule has 0 rings (SSSR count). The fourth-order valence-electron chi connectivity index (χ4n) is 0.0667. The summed E-state index contributed by atoms with van der Waals surface area (Å²) in [4.78, 5) is 0. The van der Waals surface area contributed by atoms with Gasteiger partial charge in [0.25, 0.3) is 0 Å². The highest BCUT2D eigenvalue weighted by atomic mass is 127. The van der Waals surface area contributed by atoms with Crippen molar-refractivity contribution >= 4 is 28.7 Å². The van der Waals surface area contributed by atoms with Crippen LogP contribution in [0.25, 0.3) is 0 Å². The van der Waals surface area contributed by atoms with Crippen molar-refractivity contribution < 1.29 is 0 Å². The number of nitrogens with two attached hydrogens (primary N) is 1. The molecule has 0 aromatic rings. The van der Waals surface area contributed by atoms with E-state index in [1.807, 2.05) is 22.9 Å². The van der Waals surface area contributed by atoms with Crippen LogP contribution in [0.15, 0.2) is 5.10 Å².